The number of urea groups is 1. The molecular weight excluding hydrogens is 382 g/mol. The minimum atomic E-state index is -0.235. The number of aromatic nitrogens is 3. The SMILES string of the molecule is O=C(NCCc1nnc2n1CCCCC2)NCc1cc(Cl)c2c(c1)OCCO2. The van der Waals surface area contributed by atoms with Crippen LogP contribution in [0.4, 0.5) is 4.79 Å². The van der Waals surface area contributed by atoms with Gasteiger partial charge in [-0.3, -0.25) is 0 Å². The predicted octanol–water partition coefficient (Wildman–Crippen LogP) is 2.47. The standard InChI is InChI=1S/C19H24ClN5O3/c20-14-10-13(11-15-18(14)28-9-8-27-15)12-22-19(26)21-6-5-17-24-23-16-4-2-1-3-7-25(16)17/h10-11H,1-9,12H2,(H2,21,22,26). The number of aryl methyl sites for hydroxylation is 1. The average Bonchev–Trinajstić information content (AvgIpc) is 2.93. The summed E-state index contributed by atoms with van der Waals surface area (Å²) < 4.78 is 13.3. The normalized spacial score (nSPS) is 15.5. The van der Waals surface area contributed by atoms with Crippen molar-refractivity contribution in [1.82, 2.24) is 25.4 Å². The Labute approximate surface area is 168 Å². The third-order valence-electron chi connectivity index (χ3n) is 4.93. The molecule has 1 aromatic carbocycles. The van der Waals surface area contributed by atoms with E-state index in [-0.39, 0.29) is 6.03 Å². The van der Waals surface area contributed by atoms with E-state index in [4.69, 9.17) is 21.1 Å². The maximum atomic E-state index is 12.1. The Hall–Kier alpha value is -2.48. The summed E-state index contributed by atoms with van der Waals surface area (Å²) >= 11 is 6.22. The molecule has 0 radical (unpaired) electrons. The van der Waals surface area contributed by atoms with Crippen LogP contribution in [0.25, 0.3) is 0 Å². The molecule has 0 spiro atoms. The molecular formula is C19H24ClN5O3. The van der Waals surface area contributed by atoms with Crippen molar-refractivity contribution >= 4 is 17.6 Å². The Morgan fingerprint density at radius 2 is 2.04 bits per heavy atom. The molecule has 4 rings (SSSR count). The van der Waals surface area contributed by atoms with Gasteiger partial charge in [0.25, 0.3) is 0 Å². The van der Waals surface area contributed by atoms with Crippen molar-refractivity contribution in [1.29, 1.82) is 0 Å². The quantitative estimate of drug-likeness (QED) is 0.797. The number of benzene rings is 1. The first-order valence-corrected chi connectivity index (χ1v) is 10.1. The van der Waals surface area contributed by atoms with Crippen molar-refractivity contribution < 1.29 is 14.3 Å². The van der Waals surface area contributed by atoms with E-state index in [1.165, 1.54) is 12.8 Å². The fourth-order valence-electron chi connectivity index (χ4n) is 3.53. The van der Waals surface area contributed by atoms with Crippen LogP contribution in [0.5, 0.6) is 11.5 Å². The highest BCUT2D eigenvalue weighted by Crippen LogP contribution is 2.38. The van der Waals surface area contributed by atoms with Gasteiger partial charge in [-0.05, 0) is 30.5 Å². The molecule has 2 N–H and O–H groups in total. The van der Waals surface area contributed by atoms with Crippen LogP contribution in [0, 0.1) is 0 Å². The second-order valence-corrected chi connectivity index (χ2v) is 7.36. The van der Waals surface area contributed by atoms with Crippen LogP contribution in [-0.2, 0) is 25.9 Å². The third kappa shape index (κ3) is 4.32. The molecule has 1 aromatic heterocycles. The smallest absolute Gasteiger partial charge is 0.315 e. The maximum Gasteiger partial charge on any atom is 0.315 e. The van der Waals surface area contributed by atoms with Crippen molar-refractivity contribution in [2.75, 3.05) is 19.8 Å². The zero-order valence-corrected chi connectivity index (χ0v) is 16.4. The Morgan fingerprint density at radius 1 is 1.14 bits per heavy atom. The van der Waals surface area contributed by atoms with Crippen LogP contribution in [0.1, 0.15) is 36.5 Å². The summed E-state index contributed by atoms with van der Waals surface area (Å²) in [6, 6.07) is 3.38. The maximum absolute atomic E-state index is 12.1. The van der Waals surface area contributed by atoms with Gasteiger partial charge in [-0.2, -0.15) is 0 Å². The van der Waals surface area contributed by atoms with Crippen molar-refractivity contribution in [3.8, 4) is 11.5 Å². The summed E-state index contributed by atoms with van der Waals surface area (Å²) in [6.07, 6.45) is 5.20. The number of hydrogen-bond donors (Lipinski definition) is 2. The van der Waals surface area contributed by atoms with Crippen molar-refractivity contribution in [2.45, 2.75) is 45.2 Å². The number of fused-ring (bicyclic) bond motifs is 2. The summed E-state index contributed by atoms with van der Waals surface area (Å²) in [4.78, 5) is 12.1. The molecule has 0 fully saturated rings. The lowest BCUT2D eigenvalue weighted by Gasteiger charge is -2.20. The van der Waals surface area contributed by atoms with Gasteiger partial charge in [-0.15, -0.1) is 10.2 Å². The lowest BCUT2D eigenvalue weighted by Crippen LogP contribution is -2.36. The molecule has 8 nitrogen and oxygen atoms in total. The van der Waals surface area contributed by atoms with Crippen LogP contribution < -0.4 is 20.1 Å². The molecule has 0 bridgehead atoms. The Bertz CT molecular complexity index is 854. The molecule has 150 valence electrons. The van der Waals surface area contributed by atoms with Gasteiger partial charge in [-0.1, -0.05) is 18.0 Å². The number of halogens is 1. The molecule has 0 aliphatic carbocycles. The van der Waals surface area contributed by atoms with Gasteiger partial charge in [0.05, 0.1) is 5.02 Å². The van der Waals surface area contributed by atoms with Gasteiger partial charge in [0.2, 0.25) is 0 Å². The van der Waals surface area contributed by atoms with Crippen LogP contribution in [-0.4, -0.2) is 40.6 Å². The van der Waals surface area contributed by atoms with Gasteiger partial charge < -0.3 is 24.7 Å². The molecule has 0 unspecified atom stereocenters. The summed E-state index contributed by atoms with van der Waals surface area (Å²) in [5.41, 5.74) is 0.854. The predicted molar refractivity (Wildman–Crippen MR) is 104 cm³/mol. The van der Waals surface area contributed by atoms with Crippen molar-refractivity contribution in [2.24, 2.45) is 0 Å². The van der Waals surface area contributed by atoms with E-state index in [9.17, 15) is 4.79 Å². The summed E-state index contributed by atoms with van der Waals surface area (Å²) in [6.45, 7) is 2.80. The largest absolute Gasteiger partial charge is 0.486 e. The van der Waals surface area contributed by atoms with E-state index in [0.29, 0.717) is 49.2 Å². The molecule has 2 aromatic rings. The first-order valence-electron chi connectivity index (χ1n) is 9.71. The lowest BCUT2D eigenvalue weighted by atomic mass is 10.2. The first kappa shape index (κ1) is 18.9. The monoisotopic (exact) mass is 405 g/mol. The van der Waals surface area contributed by atoms with E-state index in [1.54, 1.807) is 6.07 Å². The highest BCUT2D eigenvalue weighted by molar-refractivity contribution is 6.32. The van der Waals surface area contributed by atoms with Gasteiger partial charge >= 0.3 is 6.03 Å². The molecule has 9 heteroatoms. The molecule has 2 amide bonds. The topological polar surface area (TPSA) is 90.3 Å². The zero-order valence-electron chi connectivity index (χ0n) is 15.7. The Morgan fingerprint density at radius 3 is 2.96 bits per heavy atom. The Kier molecular flexibility index (Phi) is 5.85. The zero-order chi connectivity index (χ0) is 19.3. The van der Waals surface area contributed by atoms with Crippen molar-refractivity contribution in [3.63, 3.8) is 0 Å². The first-order chi connectivity index (χ1) is 13.7. The summed E-state index contributed by atoms with van der Waals surface area (Å²) in [5, 5.41) is 14.8. The van der Waals surface area contributed by atoms with E-state index >= 15 is 0 Å². The highest BCUT2D eigenvalue weighted by Gasteiger charge is 2.17. The number of nitrogens with one attached hydrogen (secondary N) is 2. The van der Waals surface area contributed by atoms with Crippen LogP contribution in [0.2, 0.25) is 5.02 Å². The second kappa shape index (κ2) is 8.68. The summed E-state index contributed by atoms with van der Waals surface area (Å²) in [7, 11) is 0. The number of ether oxygens (including phenoxy) is 2. The molecule has 0 atom stereocenters. The lowest BCUT2D eigenvalue weighted by molar-refractivity contribution is 0.171. The molecule has 0 saturated carbocycles. The number of amides is 2. The van der Waals surface area contributed by atoms with Crippen LogP contribution in [0.15, 0.2) is 12.1 Å². The summed E-state index contributed by atoms with van der Waals surface area (Å²) in [5.74, 6) is 3.18. The molecule has 2 aliphatic rings. The molecule has 3 heterocycles. The number of carbonyl (C=O) groups is 1. The Balaban J connectivity index is 1.25. The van der Waals surface area contributed by atoms with E-state index in [0.717, 1.165) is 36.6 Å². The number of carbonyl (C=O) groups excluding carboxylic acids is 1. The third-order valence-corrected chi connectivity index (χ3v) is 5.21. The minimum Gasteiger partial charge on any atom is -0.486 e. The average molecular weight is 406 g/mol. The van der Waals surface area contributed by atoms with Crippen LogP contribution in [0.3, 0.4) is 0 Å². The number of nitrogens with zero attached hydrogens (tertiary/aromatic N) is 3. The highest BCUT2D eigenvalue weighted by atomic mass is 35.5. The van der Waals surface area contributed by atoms with Gasteiger partial charge in [0, 0.05) is 32.5 Å². The fourth-order valence-corrected chi connectivity index (χ4v) is 3.82. The van der Waals surface area contributed by atoms with Gasteiger partial charge in [0.15, 0.2) is 11.5 Å². The van der Waals surface area contributed by atoms with Crippen LogP contribution >= 0.6 is 11.6 Å². The fraction of sp³-hybridized carbons (Fsp3) is 0.526. The van der Waals surface area contributed by atoms with Crippen molar-refractivity contribution in [3.05, 3.63) is 34.4 Å². The van der Waals surface area contributed by atoms with E-state index in [2.05, 4.69) is 25.4 Å². The van der Waals surface area contributed by atoms with E-state index in [1.807, 2.05) is 6.07 Å². The van der Waals surface area contributed by atoms with Gasteiger partial charge in [-0.25, -0.2) is 4.79 Å². The second-order valence-electron chi connectivity index (χ2n) is 6.96. The molecule has 28 heavy (non-hydrogen) atoms. The number of rotatable bonds is 5. The van der Waals surface area contributed by atoms with E-state index < -0.39 is 0 Å². The number of hydrogen-bond acceptors (Lipinski definition) is 5. The molecule has 0 saturated heterocycles. The minimum absolute atomic E-state index is 0.235. The molecule has 2 aliphatic heterocycles. The van der Waals surface area contributed by atoms with Gasteiger partial charge in [0.1, 0.15) is 24.9 Å².